The first-order valence-corrected chi connectivity index (χ1v) is 8.07. The van der Waals surface area contributed by atoms with Gasteiger partial charge >= 0.3 is 0 Å². The second-order valence-electron chi connectivity index (χ2n) is 7.07. The zero-order chi connectivity index (χ0) is 16.4. The molecule has 0 unspecified atom stereocenters. The fourth-order valence-corrected chi connectivity index (χ4v) is 3.06. The van der Waals surface area contributed by atoms with Crippen LogP contribution in [0.3, 0.4) is 0 Å². The fraction of sp³-hybridized carbons (Fsp3) is 0.625. The summed E-state index contributed by atoms with van der Waals surface area (Å²) < 4.78 is 1.89. The minimum Gasteiger partial charge on any atom is -0.393 e. The van der Waals surface area contributed by atoms with Crippen molar-refractivity contribution >= 4 is 0 Å². The maximum atomic E-state index is 9.81. The Morgan fingerprint density at radius 1 is 1.17 bits per heavy atom. The van der Waals surface area contributed by atoms with E-state index in [4.69, 9.17) is 0 Å². The Kier molecular flexibility index (Phi) is 4.41. The van der Waals surface area contributed by atoms with Crippen molar-refractivity contribution in [3.63, 3.8) is 0 Å². The van der Waals surface area contributed by atoms with Crippen LogP contribution in [0.4, 0.5) is 0 Å². The van der Waals surface area contributed by atoms with Gasteiger partial charge in [0.2, 0.25) is 0 Å². The number of tetrazole rings is 1. The maximum Gasteiger partial charge on any atom is 0.173 e. The Labute approximate surface area is 136 Å². The molecule has 0 bridgehead atoms. The molecule has 3 heterocycles. The fourth-order valence-electron chi connectivity index (χ4n) is 3.06. The van der Waals surface area contributed by atoms with E-state index in [2.05, 4.69) is 46.2 Å². The van der Waals surface area contributed by atoms with Gasteiger partial charge in [-0.3, -0.25) is 9.88 Å². The molecule has 7 nitrogen and oxygen atoms in total. The van der Waals surface area contributed by atoms with Gasteiger partial charge in [0.1, 0.15) is 0 Å². The first-order valence-electron chi connectivity index (χ1n) is 8.07. The third-order valence-electron chi connectivity index (χ3n) is 4.26. The summed E-state index contributed by atoms with van der Waals surface area (Å²) in [5, 5.41) is 22.3. The molecule has 23 heavy (non-hydrogen) atoms. The minimum atomic E-state index is -0.206. The lowest BCUT2D eigenvalue weighted by atomic mass is 9.99. The highest BCUT2D eigenvalue weighted by molar-refractivity contribution is 5.23. The Hall–Kier alpha value is -1.86. The normalized spacial score (nSPS) is 19.0. The number of pyridine rings is 1. The van der Waals surface area contributed by atoms with Gasteiger partial charge in [-0.25, -0.2) is 4.68 Å². The zero-order valence-electron chi connectivity index (χ0n) is 13.9. The summed E-state index contributed by atoms with van der Waals surface area (Å²) in [7, 11) is 0. The SMILES string of the molecule is CC(C)(C)n1nnnc1[C@@H](c1ccncc1)N1CCC(O)CC1. The van der Waals surface area contributed by atoms with Gasteiger partial charge in [-0.1, -0.05) is 0 Å². The average molecular weight is 316 g/mol. The predicted molar refractivity (Wildman–Crippen MR) is 85.7 cm³/mol. The first-order chi connectivity index (χ1) is 11.0. The highest BCUT2D eigenvalue weighted by atomic mass is 16.3. The largest absolute Gasteiger partial charge is 0.393 e. The summed E-state index contributed by atoms with van der Waals surface area (Å²) in [6.45, 7) is 7.93. The maximum absolute atomic E-state index is 9.81. The molecule has 0 amide bonds. The Morgan fingerprint density at radius 3 is 2.43 bits per heavy atom. The lowest BCUT2D eigenvalue weighted by molar-refractivity contribution is 0.0649. The molecular formula is C16H24N6O. The van der Waals surface area contributed by atoms with Crippen LogP contribution in [0, 0.1) is 0 Å². The molecule has 0 aliphatic carbocycles. The van der Waals surface area contributed by atoms with Gasteiger partial charge in [0.15, 0.2) is 5.82 Å². The van der Waals surface area contributed by atoms with Crippen molar-refractivity contribution in [2.24, 2.45) is 0 Å². The second kappa shape index (κ2) is 6.33. The molecule has 0 saturated carbocycles. The Bertz CT molecular complexity index is 628. The predicted octanol–water partition coefficient (Wildman–Crippen LogP) is 1.37. The van der Waals surface area contributed by atoms with E-state index in [1.54, 1.807) is 12.4 Å². The van der Waals surface area contributed by atoms with Crippen LogP contribution in [0.25, 0.3) is 0 Å². The number of piperidine rings is 1. The molecule has 1 atom stereocenters. The monoisotopic (exact) mass is 316 g/mol. The number of aromatic nitrogens is 5. The van der Waals surface area contributed by atoms with Crippen LogP contribution in [0.5, 0.6) is 0 Å². The van der Waals surface area contributed by atoms with Crippen molar-refractivity contribution in [1.29, 1.82) is 0 Å². The average Bonchev–Trinajstić information content (AvgIpc) is 3.00. The number of aliphatic hydroxyl groups is 1. The first kappa shape index (κ1) is 16.0. The molecule has 124 valence electrons. The van der Waals surface area contributed by atoms with Gasteiger partial charge in [0.05, 0.1) is 17.7 Å². The summed E-state index contributed by atoms with van der Waals surface area (Å²) in [5.41, 5.74) is 0.927. The van der Waals surface area contributed by atoms with Crippen LogP contribution < -0.4 is 0 Å². The van der Waals surface area contributed by atoms with Gasteiger partial charge in [0, 0.05) is 25.5 Å². The van der Waals surface area contributed by atoms with Crippen molar-refractivity contribution < 1.29 is 5.11 Å². The molecule has 1 fully saturated rings. The van der Waals surface area contributed by atoms with Crippen LogP contribution >= 0.6 is 0 Å². The molecular weight excluding hydrogens is 292 g/mol. The highest BCUT2D eigenvalue weighted by Gasteiger charge is 2.33. The summed E-state index contributed by atoms with van der Waals surface area (Å²) in [6, 6.07) is 3.99. The van der Waals surface area contributed by atoms with Gasteiger partial charge in [-0.15, -0.1) is 5.10 Å². The van der Waals surface area contributed by atoms with Crippen molar-refractivity contribution in [1.82, 2.24) is 30.1 Å². The van der Waals surface area contributed by atoms with E-state index in [1.807, 2.05) is 16.8 Å². The van der Waals surface area contributed by atoms with Gasteiger partial charge in [-0.2, -0.15) is 0 Å². The summed E-state index contributed by atoms with van der Waals surface area (Å²) >= 11 is 0. The molecule has 3 rings (SSSR count). The Morgan fingerprint density at radius 2 is 1.83 bits per heavy atom. The third-order valence-corrected chi connectivity index (χ3v) is 4.26. The number of likely N-dealkylation sites (tertiary alicyclic amines) is 1. The van der Waals surface area contributed by atoms with Crippen LogP contribution in [0.15, 0.2) is 24.5 Å². The molecule has 2 aromatic heterocycles. The number of aliphatic hydroxyl groups excluding tert-OH is 1. The van der Waals surface area contributed by atoms with Crippen LogP contribution in [0.2, 0.25) is 0 Å². The van der Waals surface area contributed by atoms with Gasteiger partial charge in [0.25, 0.3) is 0 Å². The molecule has 1 N–H and O–H groups in total. The van der Waals surface area contributed by atoms with E-state index >= 15 is 0 Å². The molecule has 1 saturated heterocycles. The Balaban J connectivity index is 2.01. The minimum absolute atomic E-state index is 0.0280. The zero-order valence-corrected chi connectivity index (χ0v) is 13.9. The van der Waals surface area contributed by atoms with Gasteiger partial charge < -0.3 is 5.11 Å². The van der Waals surface area contributed by atoms with Crippen LogP contribution in [0.1, 0.15) is 51.0 Å². The lowest BCUT2D eigenvalue weighted by Gasteiger charge is -2.36. The van der Waals surface area contributed by atoms with E-state index in [1.165, 1.54) is 0 Å². The van der Waals surface area contributed by atoms with E-state index in [-0.39, 0.29) is 17.7 Å². The number of hydrogen-bond acceptors (Lipinski definition) is 6. The summed E-state index contributed by atoms with van der Waals surface area (Å²) in [6.07, 6.45) is 4.94. The summed E-state index contributed by atoms with van der Waals surface area (Å²) in [4.78, 5) is 6.46. The second-order valence-corrected chi connectivity index (χ2v) is 7.07. The van der Waals surface area contributed by atoms with Crippen LogP contribution in [-0.2, 0) is 5.54 Å². The van der Waals surface area contributed by atoms with E-state index in [9.17, 15) is 5.11 Å². The van der Waals surface area contributed by atoms with Crippen molar-refractivity contribution in [3.05, 3.63) is 35.9 Å². The van der Waals surface area contributed by atoms with Crippen molar-refractivity contribution in [3.8, 4) is 0 Å². The standard InChI is InChI=1S/C16H24N6O/c1-16(2,3)22-15(18-19-20-22)14(12-4-8-17-9-5-12)21-10-6-13(23)7-11-21/h4-5,8-9,13-14,23H,6-7,10-11H2,1-3H3/t14-/m1/s1. The summed E-state index contributed by atoms with van der Waals surface area (Å²) in [5.74, 6) is 0.833. The highest BCUT2D eigenvalue weighted by Crippen LogP contribution is 2.31. The number of rotatable bonds is 3. The van der Waals surface area contributed by atoms with E-state index in [0.717, 1.165) is 37.3 Å². The smallest absolute Gasteiger partial charge is 0.173 e. The van der Waals surface area contributed by atoms with Gasteiger partial charge in [-0.05, 0) is 61.7 Å². The topological polar surface area (TPSA) is 80.0 Å². The molecule has 1 aliphatic heterocycles. The van der Waals surface area contributed by atoms with E-state index in [0.29, 0.717) is 0 Å². The molecule has 1 aliphatic rings. The van der Waals surface area contributed by atoms with Crippen molar-refractivity contribution in [2.45, 2.75) is 51.3 Å². The van der Waals surface area contributed by atoms with Crippen molar-refractivity contribution in [2.75, 3.05) is 13.1 Å². The molecule has 0 spiro atoms. The number of nitrogens with zero attached hydrogens (tertiary/aromatic N) is 6. The quantitative estimate of drug-likeness (QED) is 0.921. The van der Waals surface area contributed by atoms with Crippen LogP contribution in [-0.4, -0.2) is 54.4 Å². The third kappa shape index (κ3) is 3.40. The molecule has 0 aromatic carbocycles. The molecule has 2 aromatic rings. The lowest BCUT2D eigenvalue weighted by Crippen LogP contribution is -2.41. The molecule has 0 radical (unpaired) electrons. The molecule has 7 heteroatoms. The number of hydrogen-bond donors (Lipinski definition) is 1. The van der Waals surface area contributed by atoms with E-state index < -0.39 is 0 Å².